The molecule has 1 aliphatic rings. The Morgan fingerprint density at radius 3 is 2.81 bits per heavy atom. The third-order valence-corrected chi connectivity index (χ3v) is 4.20. The average molecular weight is 293 g/mol. The highest BCUT2D eigenvalue weighted by molar-refractivity contribution is 5.50. The summed E-state index contributed by atoms with van der Waals surface area (Å²) in [6, 6.07) is 4.08. The molecule has 4 nitrogen and oxygen atoms in total. The van der Waals surface area contributed by atoms with Crippen LogP contribution in [-0.2, 0) is 9.47 Å². The van der Waals surface area contributed by atoms with Gasteiger partial charge >= 0.3 is 0 Å². The molecule has 1 aromatic carbocycles. The average Bonchev–Trinajstić information content (AvgIpc) is 2.80. The molecule has 0 aromatic heterocycles. The summed E-state index contributed by atoms with van der Waals surface area (Å²) in [7, 11) is 1.68. The molecule has 0 spiro atoms. The first kappa shape index (κ1) is 16.3. The minimum Gasteiger partial charge on any atom is -0.508 e. The highest BCUT2D eigenvalue weighted by Crippen LogP contribution is 2.45. The molecule has 0 radical (unpaired) electrons. The molecule has 2 atom stereocenters. The molecule has 2 unspecified atom stereocenters. The van der Waals surface area contributed by atoms with Gasteiger partial charge in [0.05, 0.1) is 13.2 Å². The van der Waals surface area contributed by atoms with Crippen LogP contribution in [0.4, 0.5) is 0 Å². The van der Waals surface area contributed by atoms with Crippen molar-refractivity contribution in [2.75, 3.05) is 33.5 Å². The number of rotatable bonds is 8. The highest BCUT2D eigenvalue weighted by atomic mass is 16.5. The fourth-order valence-corrected chi connectivity index (χ4v) is 3.22. The number of nitrogens with one attached hydrogen (secondary N) is 1. The molecule has 0 heterocycles. The predicted octanol–water partition coefficient (Wildman–Crippen LogP) is 2.89. The number of phenols is 1. The zero-order valence-electron chi connectivity index (χ0n) is 13.3. The molecular formula is C17H27NO3. The second-order valence-corrected chi connectivity index (χ2v) is 5.83. The molecule has 4 heteroatoms. The lowest BCUT2D eigenvalue weighted by Crippen LogP contribution is -2.22. The molecule has 0 bridgehead atoms. The van der Waals surface area contributed by atoms with Crippen molar-refractivity contribution < 1.29 is 14.6 Å². The fourth-order valence-electron chi connectivity index (χ4n) is 3.22. The van der Waals surface area contributed by atoms with E-state index in [9.17, 15) is 5.11 Å². The third kappa shape index (κ3) is 3.96. The van der Waals surface area contributed by atoms with E-state index in [0.717, 1.165) is 31.6 Å². The summed E-state index contributed by atoms with van der Waals surface area (Å²) in [5.74, 6) is 0.927. The van der Waals surface area contributed by atoms with Gasteiger partial charge in [-0.25, -0.2) is 0 Å². The van der Waals surface area contributed by atoms with Crippen molar-refractivity contribution in [1.82, 2.24) is 5.32 Å². The largest absolute Gasteiger partial charge is 0.508 e. The first-order valence-corrected chi connectivity index (χ1v) is 7.77. The molecule has 1 aromatic rings. The van der Waals surface area contributed by atoms with Crippen molar-refractivity contribution in [2.24, 2.45) is 0 Å². The van der Waals surface area contributed by atoms with E-state index in [1.165, 1.54) is 11.1 Å². The zero-order chi connectivity index (χ0) is 15.2. The van der Waals surface area contributed by atoms with Gasteiger partial charge in [0.25, 0.3) is 0 Å². The molecule has 0 saturated carbocycles. The van der Waals surface area contributed by atoms with Gasteiger partial charge in [-0.05, 0) is 49.4 Å². The number of hydrogen-bond acceptors (Lipinski definition) is 4. The smallest absolute Gasteiger partial charge is 0.120 e. The Kier molecular flexibility index (Phi) is 6.03. The second kappa shape index (κ2) is 7.78. The number of ether oxygens (including phenoxy) is 2. The van der Waals surface area contributed by atoms with E-state index < -0.39 is 0 Å². The van der Waals surface area contributed by atoms with E-state index in [0.29, 0.717) is 24.9 Å². The van der Waals surface area contributed by atoms with E-state index in [-0.39, 0.29) is 6.04 Å². The number of methoxy groups -OCH3 is 1. The van der Waals surface area contributed by atoms with Gasteiger partial charge < -0.3 is 19.9 Å². The molecule has 0 saturated heterocycles. The molecule has 0 amide bonds. The third-order valence-electron chi connectivity index (χ3n) is 4.20. The maximum Gasteiger partial charge on any atom is 0.120 e. The van der Waals surface area contributed by atoms with Gasteiger partial charge in [0.15, 0.2) is 0 Å². The standard InChI is InChI=1S/C17H27NO3/c1-12-5-6-15(19)17-14(11-13(2)16(12)17)18-7-4-8-21-10-9-20-3/h5-6,13-14,18-19H,4,7-11H2,1-3H3. The number of benzene rings is 1. The Bertz CT molecular complexity index is 462. The Morgan fingerprint density at radius 2 is 2.05 bits per heavy atom. The van der Waals surface area contributed by atoms with Crippen LogP contribution in [0, 0.1) is 6.92 Å². The second-order valence-electron chi connectivity index (χ2n) is 5.83. The van der Waals surface area contributed by atoms with Crippen LogP contribution in [0.1, 0.15) is 48.4 Å². The molecule has 1 aliphatic carbocycles. The summed E-state index contributed by atoms with van der Waals surface area (Å²) in [5, 5.41) is 13.7. The van der Waals surface area contributed by atoms with Gasteiger partial charge in [0.1, 0.15) is 5.75 Å². The summed E-state index contributed by atoms with van der Waals surface area (Å²) >= 11 is 0. The summed E-state index contributed by atoms with van der Waals surface area (Å²) < 4.78 is 10.4. The SMILES string of the molecule is COCCOCCCNC1CC(C)c2c(C)ccc(O)c21. The summed E-state index contributed by atoms with van der Waals surface area (Å²) in [4.78, 5) is 0. The Hall–Kier alpha value is -1.10. The van der Waals surface area contributed by atoms with Gasteiger partial charge in [-0.2, -0.15) is 0 Å². The van der Waals surface area contributed by atoms with E-state index in [2.05, 4.69) is 19.2 Å². The number of aryl methyl sites for hydroxylation is 1. The molecular weight excluding hydrogens is 266 g/mol. The Balaban J connectivity index is 1.83. The maximum atomic E-state index is 10.2. The fraction of sp³-hybridized carbons (Fsp3) is 0.647. The van der Waals surface area contributed by atoms with Crippen LogP contribution in [0.5, 0.6) is 5.75 Å². The molecule has 118 valence electrons. The van der Waals surface area contributed by atoms with Crippen LogP contribution >= 0.6 is 0 Å². The number of fused-ring (bicyclic) bond motifs is 1. The van der Waals surface area contributed by atoms with Crippen molar-refractivity contribution in [2.45, 2.75) is 38.6 Å². The van der Waals surface area contributed by atoms with Gasteiger partial charge in [-0.15, -0.1) is 0 Å². The van der Waals surface area contributed by atoms with E-state index in [1.54, 1.807) is 7.11 Å². The van der Waals surface area contributed by atoms with Crippen molar-refractivity contribution in [3.8, 4) is 5.75 Å². The molecule has 2 N–H and O–H groups in total. The Morgan fingerprint density at radius 1 is 1.24 bits per heavy atom. The van der Waals surface area contributed by atoms with Gasteiger partial charge in [-0.1, -0.05) is 13.0 Å². The summed E-state index contributed by atoms with van der Waals surface area (Å²) in [6.07, 6.45) is 2.02. The van der Waals surface area contributed by atoms with Gasteiger partial charge in [0.2, 0.25) is 0 Å². The van der Waals surface area contributed by atoms with Crippen LogP contribution in [0.3, 0.4) is 0 Å². The minimum atomic E-state index is 0.258. The normalized spacial score (nSPS) is 20.7. The van der Waals surface area contributed by atoms with E-state index >= 15 is 0 Å². The maximum absolute atomic E-state index is 10.2. The van der Waals surface area contributed by atoms with E-state index in [4.69, 9.17) is 9.47 Å². The minimum absolute atomic E-state index is 0.258. The van der Waals surface area contributed by atoms with Gasteiger partial charge in [-0.3, -0.25) is 0 Å². The lowest BCUT2D eigenvalue weighted by molar-refractivity contribution is 0.0692. The zero-order valence-corrected chi connectivity index (χ0v) is 13.3. The number of phenolic OH excluding ortho intramolecular Hbond substituents is 1. The van der Waals surface area contributed by atoms with Crippen LogP contribution in [0.15, 0.2) is 12.1 Å². The van der Waals surface area contributed by atoms with Crippen LogP contribution in [0.2, 0.25) is 0 Å². The first-order chi connectivity index (χ1) is 10.1. The number of aromatic hydroxyl groups is 1. The van der Waals surface area contributed by atoms with E-state index in [1.807, 2.05) is 12.1 Å². The first-order valence-electron chi connectivity index (χ1n) is 7.77. The van der Waals surface area contributed by atoms with Crippen LogP contribution < -0.4 is 5.32 Å². The van der Waals surface area contributed by atoms with Gasteiger partial charge in [0, 0.05) is 25.3 Å². The highest BCUT2D eigenvalue weighted by Gasteiger charge is 2.31. The Labute approximate surface area is 127 Å². The summed E-state index contributed by atoms with van der Waals surface area (Å²) in [5.41, 5.74) is 3.70. The van der Waals surface area contributed by atoms with Crippen LogP contribution in [-0.4, -0.2) is 38.6 Å². The van der Waals surface area contributed by atoms with Crippen molar-refractivity contribution in [1.29, 1.82) is 0 Å². The van der Waals surface area contributed by atoms with Crippen molar-refractivity contribution in [3.05, 3.63) is 28.8 Å². The lowest BCUT2D eigenvalue weighted by Gasteiger charge is -2.16. The topological polar surface area (TPSA) is 50.7 Å². The lowest BCUT2D eigenvalue weighted by atomic mass is 9.97. The molecule has 0 aliphatic heterocycles. The van der Waals surface area contributed by atoms with Crippen molar-refractivity contribution in [3.63, 3.8) is 0 Å². The molecule has 21 heavy (non-hydrogen) atoms. The molecule has 0 fully saturated rings. The predicted molar refractivity (Wildman–Crippen MR) is 83.9 cm³/mol. The number of hydrogen-bond donors (Lipinski definition) is 2. The summed E-state index contributed by atoms with van der Waals surface area (Å²) in [6.45, 7) is 7.30. The monoisotopic (exact) mass is 293 g/mol. The molecule has 2 rings (SSSR count). The van der Waals surface area contributed by atoms with Crippen LogP contribution in [0.25, 0.3) is 0 Å². The quantitative estimate of drug-likeness (QED) is 0.724. The van der Waals surface area contributed by atoms with Crippen molar-refractivity contribution >= 4 is 0 Å².